The topological polar surface area (TPSA) is 74.2 Å². The van der Waals surface area contributed by atoms with Crippen LogP contribution in [0.4, 0.5) is 0 Å². The van der Waals surface area contributed by atoms with Gasteiger partial charge in [0, 0.05) is 34.3 Å². The van der Waals surface area contributed by atoms with Crippen LogP contribution in [0.2, 0.25) is 5.02 Å². The molecule has 0 radical (unpaired) electrons. The van der Waals surface area contributed by atoms with E-state index in [0.717, 1.165) is 11.1 Å². The molecule has 4 rings (SSSR count). The number of hydrogen-bond donors (Lipinski definition) is 0. The number of ketones is 1. The smallest absolute Gasteiger partial charge is 0.315 e. The summed E-state index contributed by atoms with van der Waals surface area (Å²) in [7, 11) is 4.53. The van der Waals surface area contributed by atoms with Crippen LogP contribution in [0.15, 0.2) is 58.7 Å². The van der Waals surface area contributed by atoms with E-state index in [4.69, 9.17) is 30.8 Å². The van der Waals surface area contributed by atoms with Crippen LogP contribution in [0.1, 0.15) is 42.7 Å². The minimum Gasteiger partial charge on any atom is -0.493 e. The number of ether oxygens (including phenoxy) is 3. The zero-order valence-electron chi connectivity index (χ0n) is 19.1. The summed E-state index contributed by atoms with van der Waals surface area (Å²) in [6.07, 6.45) is 0.896. The first-order valence-corrected chi connectivity index (χ1v) is 11.1. The summed E-state index contributed by atoms with van der Waals surface area (Å²) in [6, 6.07) is 13.0. The summed E-state index contributed by atoms with van der Waals surface area (Å²) in [6.45, 7) is 1.81. The highest BCUT2D eigenvalue weighted by atomic mass is 35.5. The quantitative estimate of drug-likeness (QED) is 0.571. The molecule has 0 saturated heterocycles. The van der Waals surface area contributed by atoms with Crippen molar-refractivity contribution < 1.29 is 23.8 Å². The zero-order chi connectivity index (χ0) is 23.7. The Morgan fingerprint density at radius 2 is 1.76 bits per heavy atom. The van der Waals surface area contributed by atoms with Crippen LogP contribution < -0.4 is 9.47 Å². The lowest BCUT2D eigenvalue weighted by atomic mass is 9.69. The van der Waals surface area contributed by atoms with Crippen LogP contribution in [0.3, 0.4) is 0 Å². The molecule has 2 aromatic carbocycles. The third-order valence-electron chi connectivity index (χ3n) is 6.43. The Morgan fingerprint density at radius 1 is 1.00 bits per heavy atom. The molecule has 33 heavy (non-hydrogen) atoms. The molecule has 1 heterocycles. The highest BCUT2D eigenvalue weighted by molar-refractivity contribution is 6.30. The third kappa shape index (κ3) is 4.27. The standard InChI is InChI=1S/C26H26ClNO5/c1-14-23(26(30)33-4)24(16-6-5-7-18(27)10-16)25-19(28-14)11-17(12-20(25)29)15-8-9-21(31-2)22(13-15)32-3/h5-10,13,17,23-24H,11-12H2,1-4H3/t17-,23?,24+/m0/s1. The van der Waals surface area contributed by atoms with Crippen LogP contribution >= 0.6 is 11.6 Å². The van der Waals surface area contributed by atoms with Gasteiger partial charge in [-0.05, 0) is 54.7 Å². The van der Waals surface area contributed by atoms with Crippen molar-refractivity contribution >= 4 is 29.1 Å². The van der Waals surface area contributed by atoms with Crippen molar-refractivity contribution in [3.63, 3.8) is 0 Å². The van der Waals surface area contributed by atoms with Crippen molar-refractivity contribution in [2.24, 2.45) is 10.9 Å². The molecule has 2 aromatic rings. The monoisotopic (exact) mass is 467 g/mol. The average molecular weight is 468 g/mol. The molecule has 0 N–H and O–H groups in total. The Labute approximate surface area is 198 Å². The number of hydrogen-bond acceptors (Lipinski definition) is 6. The van der Waals surface area contributed by atoms with E-state index in [1.54, 1.807) is 26.4 Å². The van der Waals surface area contributed by atoms with Crippen LogP contribution in [0, 0.1) is 5.92 Å². The Morgan fingerprint density at radius 3 is 2.42 bits per heavy atom. The number of halogens is 1. The van der Waals surface area contributed by atoms with Gasteiger partial charge in [-0.3, -0.25) is 14.6 Å². The van der Waals surface area contributed by atoms with Gasteiger partial charge in [-0.2, -0.15) is 0 Å². The van der Waals surface area contributed by atoms with Crippen molar-refractivity contribution in [3.05, 3.63) is 69.9 Å². The van der Waals surface area contributed by atoms with E-state index in [9.17, 15) is 9.59 Å². The molecule has 1 unspecified atom stereocenters. The summed E-state index contributed by atoms with van der Waals surface area (Å²) >= 11 is 6.26. The van der Waals surface area contributed by atoms with Crippen molar-refractivity contribution in [3.8, 4) is 11.5 Å². The van der Waals surface area contributed by atoms with Gasteiger partial charge >= 0.3 is 5.97 Å². The Bertz CT molecular complexity index is 1170. The molecule has 6 nitrogen and oxygen atoms in total. The first kappa shape index (κ1) is 23.1. The predicted molar refractivity (Wildman–Crippen MR) is 126 cm³/mol. The average Bonchev–Trinajstić information content (AvgIpc) is 2.82. The number of nitrogens with zero attached hydrogens (tertiary/aromatic N) is 1. The second-order valence-corrected chi connectivity index (χ2v) is 8.73. The van der Waals surface area contributed by atoms with Crippen LogP contribution in [-0.2, 0) is 14.3 Å². The number of methoxy groups -OCH3 is 3. The fraction of sp³-hybridized carbons (Fsp3) is 0.346. The number of aliphatic imine (C=N–C) groups is 1. The molecule has 0 saturated carbocycles. The van der Waals surface area contributed by atoms with Crippen LogP contribution in [0.25, 0.3) is 0 Å². The Balaban J connectivity index is 1.79. The van der Waals surface area contributed by atoms with Gasteiger partial charge in [-0.15, -0.1) is 0 Å². The normalized spacial score (nSPS) is 22.4. The molecule has 0 aromatic heterocycles. The molecule has 1 aliphatic carbocycles. The van der Waals surface area contributed by atoms with E-state index >= 15 is 0 Å². The fourth-order valence-electron chi connectivity index (χ4n) is 4.89. The second kappa shape index (κ2) is 9.40. The largest absolute Gasteiger partial charge is 0.493 e. The molecule has 1 aliphatic heterocycles. The lowest BCUT2D eigenvalue weighted by Gasteiger charge is -2.36. The van der Waals surface area contributed by atoms with Gasteiger partial charge in [0.15, 0.2) is 17.3 Å². The lowest BCUT2D eigenvalue weighted by Crippen LogP contribution is -2.37. The maximum atomic E-state index is 13.6. The van der Waals surface area contributed by atoms with Crippen molar-refractivity contribution in [1.82, 2.24) is 0 Å². The van der Waals surface area contributed by atoms with Gasteiger partial charge in [-0.1, -0.05) is 29.8 Å². The van der Waals surface area contributed by atoms with E-state index in [2.05, 4.69) is 0 Å². The molecular formula is C26H26ClNO5. The molecular weight excluding hydrogens is 442 g/mol. The van der Waals surface area contributed by atoms with E-state index in [1.807, 2.05) is 37.3 Å². The van der Waals surface area contributed by atoms with Gasteiger partial charge in [0.2, 0.25) is 0 Å². The highest BCUT2D eigenvalue weighted by Crippen LogP contribution is 2.47. The summed E-state index contributed by atoms with van der Waals surface area (Å²) < 4.78 is 15.9. The molecule has 0 amide bonds. The summed E-state index contributed by atoms with van der Waals surface area (Å²) in [5.41, 5.74) is 3.71. The summed E-state index contributed by atoms with van der Waals surface area (Å²) in [5.74, 6) is -0.391. The molecule has 0 fully saturated rings. The highest BCUT2D eigenvalue weighted by Gasteiger charge is 2.44. The number of esters is 1. The number of carbonyl (C=O) groups is 2. The minimum absolute atomic E-state index is 0.0221. The van der Waals surface area contributed by atoms with E-state index in [-0.39, 0.29) is 11.7 Å². The number of benzene rings is 2. The SMILES string of the molecule is COC(=O)C1C(C)=NC2=C(C(=O)C[C@@H](c3ccc(OC)c(OC)c3)C2)[C@@H]1c1cccc(Cl)c1. The van der Waals surface area contributed by atoms with Gasteiger partial charge in [-0.25, -0.2) is 0 Å². The number of Topliss-reactive ketones (excluding diaryl/α,β-unsaturated/α-hetero) is 1. The van der Waals surface area contributed by atoms with Crippen LogP contribution in [0.5, 0.6) is 11.5 Å². The summed E-state index contributed by atoms with van der Waals surface area (Å²) in [5, 5.41) is 0.546. The molecule has 7 heteroatoms. The van der Waals surface area contributed by atoms with Gasteiger partial charge < -0.3 is 14.2 Å². The first-order chi connectivity index (χ1) is 15.9. The Kier molecular flexibility index (Phi) is 6.56. The molecule has 0 bridgehead atoms. The van der Waals surface area contributed by atoms with E-state index in [0.29, 0.717) is 46.3 Å². The van der Waals surface area contributed by atoms with E-state index < -0.39 is 17.8 Å². The lowest BCUT2D eigenvalue weighted by molar-refractivity contribution is -0.143. The summed E-state index contributed by atoms with van der Waals surface area (Å²) in [4.78, 5) is 31.0. The van der Waals surface area contributed by atoms with Gasteiger partial charge in [0.25, 0.3) is 0 Å². The van der Waals surface area contributed by atoms with Crippen LogP contribution in [-0.4, -0.2) is 38.8 Å². The molecule has 0 spiro atoms. The fourth-order valence-corrected chi connectivity index (χ4v) is 5.09. The predicted octanol–water partition coefficient (Wildman–Crippen LogP) is 5.11. The first-order valence-electron chi connectivity index (χ1n) is 10.7. The number of allylic oxidation sites excluding steroid dienone is 2. The van der Waals surface area contributed by atoms with Gasteiger partial charge in [0.1, 0.15) is 5.92 Å². The second-order valence-electron chi connectivity index (χ2n) is 8.29. The number of rotatable bonds is 5. The molecule has 172 valence electrons. The Hall–Kier alpha value is -3.12. The van der Waals surface area contributed by atoms with Crippen molar-refractivity contribution in [2.75, 3.05) is 21.3 Å². The maximum absolute atomic E-state index is 13.6. The minimum atomic E-state index is -0.672. The molecule has 2 aliphatic rings. The third-order valence-corrected chi connectivity index (χ3v) is 6.67. The van der Waals surface area contributed by atoms with Crippen molar-refractivity contribution in [1.29, 1.82) is 0 Å². The molecule has 3 atom stereocenters. The van der Waals surface area contributed by atoms with E-state index in [1.165, 1.54) is 7.11 Å². The zero-order valence-corrected chi connectivity index (χ0v) is 19.8. The van der Waals surface area contributed by atoms with Gasteiger partial charge in [0.05, 0.1) is 21.3 Å². The number of carbonyl (C=O) groups excluding carboxylic acids is 2. The maximum Gasteiger partial charge on any atom is 0.315 e. The van der Waals surface area contributed by atoms with Crippen molar-refractivity contribution in [2.45, 2.75) is 31.6 Å².